The van der Waals surface area contributed by atoms with Gasteiger partial charge in [0.1, 0.15) is 5.75 Å². The third-order valence-electron chi connectivity index (χ3n) is 1.79. The van der Waals surface area contributed by atoms with Crippen molar-refractivity contribution in [1.82, 2.24) is 0 Å². The molecule has 1 rings (SSSR count). The Balaban J connectivity index is 2.87. The van der Waals surface area contributed by atoms with Crippen molar-refractivity contribution in [2.45, 2.75) is 0 Å². The van der Waals surface area contributed by atoms with Gasteiger partial charge in [-0.1, -0.05) is 17.7 Å². The van der Waals surface area contributed by atoms with E-state index in [1.807, 2.05) is 0 Å². The summed E-state index contributed by atoms with van der Waals surface area (Å²) in [5.74, 6) is 0.174. The van der Waals surface area contributed by atoms with Crippen molar-refractivity contribution in [3.05, 3.63) is 34.9 Å². The van der Waals surface area contributed by atoms with Crippen molar-refractivity contribution in [2.75, 3.05) is 14.2 Å². The summed E-state index contributed by atoms with van der Waals surface area (Å²) in [6.45, 7) is 0. The van der Waals surface area contributed by atoms with Gasteiger partial charge < -0.3 is 9.47 Å². The summed E-state index contributed by atoms with van der Waals surface area (Å²) in [5.41, 5.74) is 0.821. The van der Waals surface area contributed by atoms with E-state index in [4.69, 9.17) is 16.3 Å². The van der Waals surface area contributed by atoms with Crippen LogP contribution in [-0.4, -0.2) is 20.2 Å². The lowest BCUT2D eigenvalue weighted by Gasteiger charge is -2.03. The molecular weight excluding hydrogens is 216 g/mol. The average molecular weight is 227 g/mol. The molecule has 1 aromatic carbocycles. The van der Waals surface area contributed by atoms with Gasteiger partial charge in [0.05, 0.1) is 19.2 Å². The van der Waals surface area contributed by atoms with Gasteiger partial charge in [0.2, 0.25) is 0 Å². The van der Waals surface area contributed by atoms with Crippen LogP contribution in [0.3, 0.4) is 0 Å². The summed E-state index contributed by atoms with van der Waals surface area (Å²) < 4.78 is 9.51. The van der Waals surface area contributed by atoms with Crippen LogP contribution in [0.2, 0.25) is 5.02 Å². The molecule has 15 heavy (non-hydrogen) atoms. The molecule has 0 saturated heterocycles. The average Bonchev–Trinajstić information content (AvgIpc) is 2.27. The van der Waals surface area contributed by atoms with Crippen LogP contribution in [0.1, 0.15) is 5.56 Å². The molecule has 4 heteroatoms. The minimum Gasteiger partial charge on any atom is -0.495 e. The number of esters is 1. The minimum absolute atomic E-state index is 0.399. The zero-order valence-electron chi connectivity index (χ0n) is 8.49. The van der Waals surface area contributed by atoms with Gasteiger partial charge in [-0.2, -0.15) is 0 Å². The van der Waals surface area contributed by atoms with Crippen LogP contribution < -0.4 is 4.74 Å². The smallest absolute Gasteiger partial charge is 0.330 e. The molecule has 0 aliphatic carbocycles. The van der Waals surface area contributed by atoms with Crippen molar-refractivity contribution in [1.29, 1.82) is 0 Å². The van der Waals surface area contributed by atoms with Gasteiger partial charge in [-0.3, -0.25) is 0 Å². The van der Waals surface area contributed by atoms with E-state index in [2.05, 4.69) is 4.74 Å². The first-order valence-electron chi connectivity index (χ1n) is 4.27. The highest BCUT2D eigenvalue weighted by Gasteiger charge is 2.00. The first kappa shape index (κ1) is 11.6. The second-order valence-corrected chi connectivity index (χ2v) is 3.16. The molecule has 0 unspecified atom stereocenters. The highest BCUT2D eigenvalue weighted by Crippen LogP contribution is 2.25. The van der Waals surface area contributed by atoms with Gasteiger partial charge >= 0.3 is 5.97 Å². The highest BCUT2D eigenvalue weighted by molar-refractivity contribution is 6.32. The number of ether oxygens (including phenoxy) is 2. The number of rotatable bonds is 3. The molecule has 0 saturated carbocycles. The van der Waals surface area contributed by atoms with Crippen LogP contribution in [0.4, 0.5) is 0 Å². The molecule has 0 aliphatic heterocycles. The second kappa shape index (κ2) is 5.41. The van der Waals surface area contributed by atoms with Gasteiger partial charge in [0.15, 0.2) is 0 Å². The molecule has 80 valence electrons. The van der Waals surface area contributed by atoms with Crippen LogP contribution in [-0.2, 0) is 9.53 Å². The Bertz CT molecular complexity index is 385. The van der Waals surface area contributed by atoms with Crippen LogP contribution in [0.5, 0.6) is 5.75 Å². The molecule has 0 atom stereocenters. The van der Waals surface area contributed by atoms with E-state index in [0.29, 0.717) is 10.8 Å². The summed E-state index contributed by atoms with van der Waals surface area (Å²) in [4.78, 5) is 10.8. The molecule has 0 aromatic heterocycles. The fourth-order valence-electron chi connectivity index (χ4n) is 1.01. The summed E-state index contributed by atoms with van der Waals surface area (Å²) in [7, 11) is 2.87. The highest BCUT2D eigenvalue weighted by atomic mass is 35.5. The van der Waals surface area contributed by atoms with Gasteiger partial charge in [0, 0.05) is 6.08 Å². The number of benzene rings is 1. The van der Waals surface area contributed by atoms with Gasteiger partial charge in [-0.15, -0.1) is 0 Å². The standard InChI is InChI=1S/C11H11ClO3/c1-14-10-7-8(3-5-9(10)12)4-6-11(13)15-2/h3-7H,1-2H3/b6-4+. The number of hydrogen-bond acceptors (Lipinski definition) is 3. The number of carbonyl (C=O) groups is 1. The Morgan fingerprint density at radius 3 is 2.73 bits per heavy atom. The SMILES string of the molecule is COC(=O)/C=C/c1ccc(Cl)c(OC)c1. The lowest BCUT2D eigenvalue weighted by molar-refractivity contribution is -0.134. The third-order valence-corrected chi connectivity index (χ3v) is 2.10. The summed E-state index contributed by atoms with van der Waals surface area (Å²) in [6, 6.07) is 5.23. The molecule has 0 fully saturated rings. The molecule has 0 spiro atoms. The normalized spacial score (nSPS) is 10.3. The maximum absolute atomic E-state index is 10.8. The fourth-order valence-corrected chi connectivity index (χ4v) is 1.21. The Labute approximate surface area is 93.3 Å². The number of methoxy groups -OCH3 is 2. The first-order valence-corrected chi connectivity index (χ1v) is 4.64. The molecule has 3 nitrogen and oxygen atoms in total. The van der Waals surface area contributed by atoms with Crippen LogP contribution in [0.15, 0.2) is 24.3 Å². The van der Waals surface area contributed by atoms with Crippen molar-refractivity contribution < 1.29 is 14.3 Å². The second-order valence-electron chi connectivity index (χ2n) is 2.75. The number of carbonyl (C=O) groups excluding carboxylic acids is 1. The molecular formula is C11H11ClO3. The maximum atomic E-state index is 10.8. The van der Waals surface area contributed by atoms with E-state index in [1.165, 1.54) is 20.3 Å². The predicted octanol–water partition coefficient (Wildman–Crippen LogP) is 2.53. The van der Waals surface area contributed by atoms with Gasteiger partial charge in [0.25, 0.3) is 0 Å². The number of hydrogen-bond donors (Lipinski definition) is 0. The van der Waals surface area contributed by atoms with Crippen molar-refractivity contribution in [2.24, 2.45) is 0 Å². The maximum Gasteiger partial charge on any atom is 0.330 e. The molecule has 0 amide bonds. The van der Waals surface area contributed by atoms with Crippen molar-refractivity contribution in [3.8, 4) is 5.75 Å². The monoisotopic (exact) mass is 226 g/mol. The lowest BCUT2D eigenvalue weighted by Crippen LogP contribution is -1.93. The Hall–Kier alpha value is -1.48. The van der Waals surface area contributed by atoms with E-state index in [0.717, 1.165) is 5.56 Å². The van der Waals surface area contributed by atoms with Crippen LogP contribution in [0, 0.1) is 0 Å². The molecule has 0 N–H and O–H groups in total. The molecule has 0 radical (unpaired) electrons. The minimum atomic E-state index is -0.399. The zero-order chi connectivity index (χ0) is 11.3. The summed E-state index contributed by atoms with van der Waals surface area (Å²) >= 11 is 5.85. The number of halogens is 1. The quantitative estimate of drug-likeness (QED) is 0.587. The largest absolute Gasteiger partial charge is 0.495 e. The van der Waals surface area contributed by atoms with Crippen molar-refractivity contribution in [3.63, 3.8) is 0 Å². The van der Waals surface area contributed by atoms with E-state index >= 15 is 0 Å². The van der Waals surface area contributed by atoms with E-state index in [9.17, 15) is 4.79 Å². The van der Waals surface area contributed by atoms with Gasteiger partial charge in [-0.05, 0) is 23.8 Å². The Morgan fingerprint density at radius 2 is 2.13 bits per heavy atom. The zero-order valence-corrected chi connectivity index (χ0v) is 9.25. The van der Waals surface area contributed by atoms with E-state index < -0.39 is 5.97 Å². The Morgan fingerprint density at radius 1 is 1.40 bits per heavy atom. The summed E-state index contributed by atoms with van der Waals surface area (Å²) in [5, 5.41) is 0.535. The van der Waals surface area contributed by atoms with Crippen LogP contribution in [0.25, 0.3) is 6.08 Å². The topological polar surface area (TPSA) is 35.5 Å². The van der Waals surface area contributed by atoms with E-state index in [-0.39, 0.29) is 0 Å². The van der Waals surface area contributed by atoms with E-state index in [1.54, 1.807) is 24.3 Å². The van der Waals surface area contributed by atoms with Crippen LogP contribution >= 0.6 is 11.6 Å². The van der Waals surface area contributed by atoms with Gasteiger partial charge in [-0.25, -0.2) is 4.79 Å². The Kier molecular flexibility index (Phi) is 4.18. The van der Waals surface area contributed by atoms with Crippen molar-refractivity contribution >= 4 is 23.6 Å². The third kappa shape index (κ3) is 3.29. The lowest BCUT2D eigenvalue weighted by atomic mass is 10.2. The molecule has 0 aliphatic rings. The molecule has 0 bridgehead atoms. The summed E-state index contributed by atoms with van der Waals surface area (Å²) in [6.07, 6.45) is 2.97. The fraction of sp³-hybridized carbons (Fsp3) is 0.182. The molecule has 0 heterocycles. The predicted molar refractivity (Wildman–Crippen MR) is 59.1 cm³/mol. The first-order chi connectivity index (χ1) is 7.17. The molecule has 1 aromatic rings.